The molecule has 0 spiro atoms. The second-order valence-electron chi connectivity index (χ2n) is 5.34. The van der Waals surface area contributed by atoms with Crippen LogP contribution in [-0.2, 0) is 11.2 Å². The third-order valence-corrected chi connectivity index (χ3v) is 3.65. The van der Waals surface area contributed by atoms with Crippen LogP contribution in [0, 0.1) is 5.82 Å². The van der Waals surface area contributed by atoms with Gasteiger partial charge in [0.05, 0.1) is 5.69 Å². The molecule has 1 unspecified atom stereocenters. The average Bonchev–Trinajstić information content (AvgIpc) is 2.88. The number of hydrogen-bond acceptors (Lipinski definition) is 3. The van der Waals surface area contributed by atoms with Crippen molar-refractivity contribution in [1.82, 2.24) is 14.7 Å². The molecule has 0 fully saturated rings. The molecule has 1 atom stereocenters. The molecule has 0 aliphatic rings. The molecule has 2 aromatic rings. The maximum Gasteiger partial charge on any atom is 0.326 e. The van der Waals surface area contributed by atoms with Gasteiger partial charge >= 0.3 is 5.97 Å². The zero-order valence-corrected chi connectivity index (χ0v) is 13.2. The summed E-state index contributed by atoms with van der Waals surface area (Å²) in [7, 11) is 0. The number of carbonyl (C=O) groups excluding carboxylic acids is 1. The summed E-state index contributed by atoms with van der Waals surface area (Å²) < 4.78 is 14.8. The summed E-state index contributed by atoms with van der Waals surface area (Å²) >= 11 is 0. The van der Waals surface area contributed by atoms with Gasteiger partial charge in [0.25, 0.3) is 5.91 Å². The smallest absolute Gasteiger partial charge is 0.326 e. The van der Waals surface area contributed by atoms with Crippen LogP contribution < -0.4 is 5.32 Å². The van der Waals surface area contributed by atoms with Gasteiger partial charge in [-0.05, 0) is 25.0 Å². The minimum Gasteiger partial charge on any atom is -0.480 e. The predicted octanol–water partition coefficient (Wildman–Crippen LogP) is 2.41. The van der Waals surface area contributed by atoms with E-state index in [1.807, 2.05) is 13.8 Å². The Bertz CT molecular complexity index is 727. The number of aromatic nitrogens is 2. The van der Waals surface area contributed by atoms with Crippen molar-refractivity contribution in [2.24, 2.45) is 0 Å². The van der Waals surface area contributed by atoms with E-state index in [0.29, 0.717) is 30.6 Å². The van der Waals surface area contributed by atoms with Crippen LogP contribution in [0.4, 0.5) is 4.39 Å². The molecule has 2 N–H and O–H groups in total. The Morgan fingerprint density at radius 1 is 1.39 bits per heavy atom. The summed E-state index contributed by atoms with van der Waals surface area (Å²) in [6, 6.07) is 1.79. The second kappa shape index (κ2) is 7.21. The summed E-state index contributed by atoms with van der Waals surface area (Å²) in [6.45, 7) is 3.78. The number of nitrogens with one attached hydrogen (secondary N) is 1. The van der Waals surface area contributed by atoms with Gasteiger partial charge in [-0.25, -0.2) is 14.2 Å². The molecule has 7 heteroatoms. The lowest BCUT2D eigenvalue weighted by molar-refractivity contribution is -0.139. The van der Waals surface area contributed by atoms with Gasteiger partial charge in [-0.1, -0.05) is 26.7 Å². The number of amides is 1. The predicted molar refractivity (Wildman–Crippen MR) is 82.9 cm³/mol. The zero-order chi connectivity index (χ0) is 17.0. The summed E-state index contributed by atoms with van der Waals surface area (Å²) in [4.78, 5) is 28.1. The van der Waals surface area contributed by atoms with Crippen molar-refractivity contribution in [2.45, 2.75) is 45.6 Å². The Labute approximate surface area is 133 Å². The van der Waals surface area contributed by atoms with Gasteiger partial charge in [-0.15, -0.1) is 0 Å². The fraction of sp³-hybridized carbons (Fsp3) is 0.438. The monoisotopic (exact) mass is 321 g/mol. The molecule has 23 heavy (non-hydrogen) atoms. The van der Waals surface area contributed by atoms with E-state index >= 15 is 0 Å². The molecular formula is C16H20FN3O3. The highest BCUT2D eigenvalue weighted by Gasteiger charge is 2.24. The Balaban J connectivity index is 2.35. The first-order chi connectivity index (χ1) is 11.0. The number of aryl methyl sites for hydroxylation is 1. The molecule has 0 saturated heterocycles. The SMILES string of the molecule is CCCCC(NC(=O)c1c(CC)nc2ccc(F)cn12)C(=O)O. The highest BCUT2D eigenvalue weighted by atomic mass is 19.1. The van der Waals surface area contributed by atoms with Crippen LogP contribution in [0.3, 0.4) is 0 Å². The van der Waals surface area contributed by atoms with Gasteiger partial charge in [0, 0.05) is 6.20 Å². The van der Waals surface area contributed by atoms with Crippen molar-refractivity contribution in [2.75, 3.05) is 0 Å². The first-order valence-corrected chi connectivity index (χ1v) is 7.68. The molecule has 0 aromatic carbocycles. The van der Waals surface area contributed by atoms with Crippen LogP contribution in [-0.4, -0.2) is 32.4 Å². The van der Waals surface area contributed by atoms with E-state index in [-0.39, 0.29) is 5.69 Å². The molecule has 0 aliphatic heterocycles. The van der Waals surface area contributed by atoms with E-state index in [0.717, 1.165) is 6.42 Å². The number of fused-ring (bicyclic) bond motifs is 1. The topological polar surface area (TPSA) is 83.7 Å². The Kier molecular flexibility index (Phi) is 5.31. The lowest BCUT2D eigenvalue weighted by Crippen LogP contribution is -2.41. The van der Waals surface area contributed by atoms with Crippen LogP contribution in [0.1, 0.15) is 49.3 Å². The van der Waals surface area contributed by atoms with Gasteiger partial charge in [-0.2, -0.15) is 0 Å². The third kappa shape index (κ3) is 3.67. The number of halogens is 1. The number of unbranched alkanes of at least 4 members (excludes halogenated alkanes) is 1. The number of rotatable bonds is 7. The van der Waals surface area contributed by atoms with Crippen LogP contribution in [0.15, 0.2) is 18.3 Å². The number of carboxylic acids is 1. The van der Waals surface area contributed by atoms with Gasteiger partial charge < -0.3 is 10.4 Å². The van der Waals surface area contributed by atoms with Crippen LogP contribution in [0.25, 0.3) is 5.65 Å². The number of nitrogens with zero attached hydrogens (tertiary/aromatic N) is 2. The van der Waals surface area contributed by atoms with Crippen LogP contribution in [0.5, 0.6) is 0 Å². The first kappa shape index (κ1) is 16.9. The largest absolute Gasteiger partial charge is 0.480 e. The summed E-state index contributed by atoms with van der Waals surface area (Å²) in [5.74, 6) is -2.12. The van der Waals surface area contributed by atoms with Gasteiger partial charge in [-0.3, -0.25) is 9.20 Å². The van der Waals surface area contributed by atoms with Crippen molar-refractivity contribution in [3.63, 3.8) is 0 Å². The highest BCUT2D eigenvalue weighted by molar-refractivity contribution is 5.97. The van der Waals surface area contributed by atoms with Crippen molar-refractivity contribution >= 4 is 17.5 Å². The average molecular weight is 321 g/mol. The molecule has 0 radical (unpaired) electrons. The molecule has 6 nitrogen and oxygen atoms in total. The fourth-order valence-corrected chi connectivity index (χ4v) is 2.45. The number of imidazole rings is 1. The number of carbonyl (C=O) groups is 2. The van der Waals surface area contributed by atoms with E-state index in [9.17, 15) is 19.1 Å². The van der Waals surface area contributed by atoms with Crippen LogP contribution in [0.2, 0.25) is 0 Å². The molecule has 0 saturated carbocycles. The van der Waals surface area contributed by atoms with E-state index < -0.39 is 23.7 Å². The lowest BCUT2D eigenvalue weighted by atomic mass is 10.1. The minimum absolute atomic E-state index is 0.185. The Hall–Kier alpha value is -2.44. The van der Waals surface area contributed by atoms with E-state index in [2.05, 4.69) is 10.3 Å². The summed E-state index contributed by atoms with van der Waals surface area (Å²) in [5, 5.41) is 11.8. The van der Waals surface area contributed by atoms with Gasteiger partial charge in [0.1, 0.15) is 23.2 Å². The molecule has 2 rings (SSSR count). The maximum absolute atomic E-state index is 13.5. The number of carboxylic acid groups (broad SMARTS) is 1. The molecule has 2 heterocycles. The number of pyridine rings is 1. The quantitative estimate of drug-likeness (QED) is 0.820. The van der Waals surface area contributed by atoms with Crippen LogP contribution >= 0.6 is 0 Å². The highest BCUT2D eigenvalue weighted by Crippen LogP contribution is 2.15. The van der Waals surface area contributed by atoms with E-state index in [1.165, 1.54) is 22.7 Å². The van der Waals surface area contributed by atoms with Crippen molar-refractivity contribution in [1.29, 1.82) is 0 Å². The maximum atomic E-state index is 13.5. The second-order valence-corrected chi connectivity index (χ2v) is 5.34. The Morgan fingerprint density at radius 2 is 2.13 bits per heavy atom. The summed E-state index contributed by atoms with van der Waals surface area (Å²) in [5.41, 5.74) is 1.14. The molecule has 0 bridgehead atoms. The van der Waals surface area contributed by atoms with Crippen molar-refractivity contribution in [3.05, 3.63) is 35.5 Å². The summed E-state index contributed by atoms with van der Waals surface area (Å²) in [6.07, 6.45) is 3.54. The van der Waals surface area contributed by atoms with Crippen molar-refractivity contribution < 1.29 is 19.1 Å². The molecular weight excluding hydrogens is 301 g/mol. The third-order valence-electron chi connectivity index (χ3n) is 3.65. The zero-order valence-electron chi connectivity index (χ0n) is 13.2. The van der Waals surface area contributed by atoms with E-state index in [1.54, 1.807) is 0 Å². The molecule has 0 aliphatic carbocycles. The molecule has 1 amide bonds. The van der Waals surface area contributed by atoms with Crippen molar-refractivity contribution in [3.8, 4) is 0 Å². The number of aliphatic carboxylic acids is 1. The minimum atomic E-state index is -1.08. The normalized spacial score (nSPS) is 12.3. The lowest BCUT2D eigenvalue weighted by Gasteiger charge is -2.14. The van der Waals surface area contributed by atoms with Gasteiger partial charge in [0.15, 0.2) is 0 Å². The molecule has 124 valence electrons. The first-order valence-electron chi connectivity index (χ1n) is 7.68. The fourth-order valence-electron chi connectivity index (χ4n) is 2.45. The molecule has 2 aromatic heterocycles. The standard InChI is InChI=1S/C16H20FN3O3/c1-3-5-6-12(16(22)23)19-15(21)14-11(4-2)18-13-8-7-10(17)9-20(13)14/h7-9,12H,3-6H2,1-2H3,(H,19,21)(H,22,23). The Morgan fingerprint density at radius 3 is 2.74 bits per heavy atom. The van der Waals surface area contributed by atoms with Gasteiger partial charge in [0.2, 0.25) is 0 Å². The number of hydrogen-bond donors (Lipinski definition) is 2. The van der Waals surface area contributed by atoms with E-state index in [4.69, 9.17) is 0 Å².